The Morgan fingerprint density at radius 2 is 1.64 bits per heavy atom. The summed E-state index contributed by atoms with van der Waals surface area (Å²) >= 11 is -0.284. The lowest BCUT2D eigenvalue weighted by Gasteiger charge is -2.44. The van der Waals surface area contributed by atoms with Gasteiger partial charge in [0.25, 0.3) is 5.91 Å². The smallest absolute Gasteiger partial charge is 0.446 e. The van der Waals surface area contributed by atoms with Crippen LogP contribution >= 0.6 is 11.8 Å². The lowest BCUT2D eigenvalue weighted by Crippen LogP contribution is -2.61. The number of ether oxygens (including phenoxy) is 4. The van der Waals surface area contributed by atoms with E-state index in [1.54, 1.807) is 34.6 Å². The number of methoxy groups -OCH3 is 1. The number of halogens is 5. The SMILES string of the molecule is COc1cc(F)c(-c2ccc(CCC3(NC(=O)OC(C)(C)C)COC(C)(C)OC3)c(F)c2)cc1C(=O)NC1C2CCC(C2)C1C(=O)Nc1cccc(SC(F)(F)F)c1. The molecule has 2 aliphatic carbocycles. The molecule has 16 heteroatoms. The van der Waals surface area contributed by atoms with Crippen LogP contribution in [0.2, 0.25) is 0 Å². The predicted octanol–water partition coefficient (Wildman–Crippen LogP) is 9.01. The van der Waals surface area contributed by atoms with E-state index in [-0.39, 0.29) is 88.2 Å². The Bertz CT molecular complexity index is 2030. The molecule has 4 unspecified atom stereocenters. The first-order chi connectivity index (χ1) is 27.1. The molecule has 3 amide bonds. The highest BCUT2D eigenvalue weighted by Gasteiger charge is 2.51. The van der Waals surface area contributed by atoms with Crippen LogP contribution in [-0.4, -0.2) is 66.7 Å². The van der Waals surface area contributed by atoms with Crippen molar-refractivity contribution in [2.75, 3.05) is 25.6 Å². The molecule has 0 spiro atoms. The van der Waals surface area contributed by atoms with Crippen molar-refractivity contribution in [1.29, 1.82) is 0 Å². The molecule has 1 heterocycles. The summed E-state index contributed by atoms with van der Waals surface area (Å²) in [6.45, 7) is 8.89. The van der Waals surface area contributed by atoms with E-state index in [2.05, 4.69) is 16.0 Å². The van der Waals surface area contributed by atoms with Crippen molar-refractivity contribution in [2.45, 2.75) is 100 Å². The van der Waals surface area contributed by atoms with Crippen LogP contribution in [0.15, 0.2) is 59.5 Å². The van der Waals surface area contributed by atoms with Gasteiger partial charge in [0.15, 0.2) is 5.79 Å². The van der Waals surface area contributed by atoms with E-state index < -0.39 is 63.9 Å². The van der Waals surface area contributed by atoms with Gasteiger partial charge in [0, 0.05) is 28.3 Å². The number of rotatable bonds is 11. The van der Waals surface area contributed by atoms with Gasteiger partial charge in [-0.25, -0.2) is 13.6 Å². The van der Waals surface area contributed by atoms with Gasteiger partial charge in [-0.15, -0.1) is 0 Å². The minimum Gasteiger partial charge on any atom is -0.496 e. The summed E-state index contributed by atoms with van der Waals surface area (Å²) in [5, 5.41) is 8.57. The number of hydrogen-bond donors (Lipinski definition) is 3. The van der Waals surface area contributed by atoms with E-state index in [1.165, 1.54) is 55.6 Å². The molecule has 3 N–H and O–H groups in total. The molecular weight excluding hydrogens is 786 g/mol. The number of carbonyl (C=O) groups excluding carboxylic acids is 3. The minimum absolute atomic E-state index is 0.0268. The van der Waals surface area contributed by atoms with Crippen molar-refractivity contribution in [2.24, 2.45) is 17.8 Å². The second-order valence-electron chi connectivity index (χ2n) is 16.6. The van der Waals surface area contributed by atoms with Crippen molar-refractivity contribution >= 4 is 35.4 Å². The van der Waals surface area contributed by atoms with E-state index in [0.29, 0.717) is 6.42 Å². The van der Waals surface area contributed by atoms with Crippen LogP contribution in [0.3, 0.4) is 0 Å². The molecule has 6 rings (SSSR count). The first-order valence-corrected chi connectivity index (χ1v) is 19.9. The summed E-state index contributed by atoms with van der Waals surface area (Å²) in [6.07, 6.45) is 1.92. The van der Waals surface area contributed by atoms with Crippen molar-refractivity contribution in [1.82, 2.24) is 10.6 Å². The molecule has 4 atom stereocenters. The highest BCUT2D eigenvalue weighted by atomic mass is 32.2. The van der Waals surface area contributed by atoms with Gasteiger partial charge in [-0.05, 0) is 132 Å². The van der Waals surface area contributed by atoms with Crippen LogP contribution in [-0.2, 0) is 25.4 Å². The van der Waals surface area contributed by atoms with Crippen LogP contribution in [0.25, 0.3) is 11.1 Å². The van der Waals surface area contributed by atoms with Gasteiger partial charge in [0.2, 0.25) is 5.91 Å². The number of fused-ring (bicyclic) bond motifs is 2. The number of thioether (sulfide) groups is 1. The van der Waals surface area contributed by atoms with Crippen LogP contribution in [0.5, 0.6) is 5.75 Å². The Morgan fingerprint density at radius 3 is 2.29 bits per heavy atom. The minimum atomic E-state index is -4.49. The van der Waals surface area contributed by atoms with Gasteiger partial charge < -0.3 is 34.9 Å². The van der Waals surface area contributed by atoms with Crippen molar-refractivity contribution in [3.63, 3.8) is 0 Å². The molecule has 3 aromatic rings. The molecule has 3 aromatic carbocycles. The number of amides is 3. The molecule has 3 aliphatic rings. The van der Waals surface area contributed by atoms with Gasteiger partial charge in [0.1, 0.15) is 23.0 Å². The second kappa shape index (κ2) is 16.7. The number of nitrogens with one attached hydrogen (secondary N) is 3. The van der Waals surface area contributed by atoms with Crippen LogP contribution in [0.1, 0.15) is 76.2 Å². The van der Waals surface area contributed by atoms with Crippen molar-refractivity contribution < 1.29 is 55.3 Å². The molecule has 58 heavy (non-hydrogen) atoms. The Hall–Kier alpha value is -4.41. The molecule has 10 nitrogen and oxygen atoms in total. The summed E-state index contributed by atoms with van der Waals surface area (Å²) in [6, 6.07) is 11.4. The lowest BCUT2D eigenvalue weighted by atomic mass is 9.83. The number of benzene rings is 3. The quantitative estimate of drug-likeness (QED) is 0.129. The maximum absolute atomic E-state index is 15.8. The van der Waals surface area contributed by atoms with Gasteiger partial charge in [-0.3, -0.25) is 9.59 Å². The average Bonchev–Trinajstić information content (AvgIpc) is 3.73. The lowest BCUT2D eigenvalue weighted by molar-refractivity contribution is -0.271. The number of alkyl halides is 3. The monoisotopic (exact) mass is 833 g/mol. The molecule has 2 saturated carbocycles. The standard InChI is InChI=1S/C42H48F5N3O7S/c1-39(2,3)57-38(53)50-41(21-55-40(4,5)56-22-41)15-14-23-10-11-24(17-31(23)43)29-19-30(33(54-6)20-32(29)44)36(51)49-35-26-13-12-25(16-26)34(35)37(52)48-27-8-7-9-28(18-27)58-42(45,46)47/h7-11,17-20,25-26,34-35H,12-16,21-22H2,1-6H3,(H,48,52)(H,49,51)(H,50,53). The Labute approximate surface area is 338 Å². The highest BCUT2D eigenvalue weighted by molar-refractivity contribution is 8.00. The van der Waals surface area contributed by atoms with E-state index in [4.69, 9.17) is 18.9 Å². The van der Waals surface area contributed by atoms with Crippen molar-refractivity contribution in [3.8, 4) is 16.9 Å². The van der Waals surface area contributed by atoms with E-state index in [0.717, 1.165) is 18.9 Å². The Balaban J connectivity index is 1.18. The fourth-order valence-electron chi connectivity index (χ4n) is 8.02. The summed E-state index contributed by atoms with van der Waals surface area (Å²) in [5.41, 5.74) is -5.71. The third-order valence-electron chi connectivity index (χ3n) is 10.8. The third kappa shape index (κ3) is 10.4. The number of aryl methyl sites for hydroxylation is 1. The normalized spacial score (nSPS) is 22.3. The molecule has 314 valence electrons. The van der Waals surface area contributed by atoms with E-state index >= 15 is 8.78 Å². The zero-order valence-electron chi connectivity index (χ0n) is 33.1. The number of carbonyl (C=O) groups is 3. The van der Waals surface area contributed by atoms with Gasteiger partial charge >= 0.3 is 11.6 Å². The zero-order valence-corrected chi connectivity index (χ0v) is 33.9. The molecule has 0 radical (unpaired) electrons. The Kier molecular flexibility index (Phi) is 12.4. The topological polar surface area (TPSA) is 124 Å². The van der Waals surface area contributed by atoms with Crippen LogP contribution < -0.4 is 20.7 Å². The summed E-state index contributed by atoms with van der Waals surface area (Å²) in [7, 11) is 1.28. The number of alkyl carbamates (subject to hydrolysis) is 1. The zero-order chi connectivity index (χ0) is 42.2. The third-order valence-corrected chi connectivity index (χ3v) is 11.5. The van der Waals surface area contributed by atoms with Gasteiger partial charge in [0.05, 0.1) is 37.3 Å². The first kappa shape index (κ1) is 43.2. The molecule has 1 saturated heterocycles. The van der Waals surface area contributed by atoms with E-state index in [9.17, 15) is 27.6 Å². The molecule has 0 aromatic heterocycles. The number of hydrogen-bond acceptors (Lipinski definition) is 8. The van der Waals surface area contributed by atoms with Crippen LogP contribution in [0, 0.1) is 29.4 Å². The van der Waals surface area contributed by atoms with Crippen LogP contribution in [0.4, 0.5) is 32.4 Å². The highest BCUT2D eigenvalue weighted by Crippen LogP contribution is 2.49. The summed E-state index contributed by atoms with van der Waals surface area (Å²) < 4.78 is 92.9. The average molecular weight is 834 g/mol. The predicted molar refractivity (Wildman–Crippen MR) is 207 cm³/mol. The molecule has 2 bridgehead atoms. The van der Waals surface area contributed by atoms with Gasteiger partial charge in [-0.2, -0.15) is 13.2 Å². The molecule has 3 fully saturated rings. The van der Waals surface area contributed by atoms with Gasteiger partial charge in [-0.1, -0.05) is 18.2 Å². The maximum Gasteiger partial charge on any atom is 0.446 e. The number of anilines is 1. The second-order valence-corrected chi connectivity index (χ2v) is 17.8. The maximum atomic E-state index is 15.8. The summed E-state index contributed by atoms with van der Waals surface area (Å²) in [5.74, 6) is -4.14. The fraction of sp³-hybridized carbons (Fsp3) is 0.500. The Morgan fingerprint density at radius 1 is 0.931 bits per heavy atom. The fourth-order valence-corrected chi connectivity index (χ4v) is 8.62. The molecule has 1 aliphatic heterocycles. The largest absolute Gasteiger partial charge is 0.496 e. The molecular formula is C42H48F5N3O7S. The van der Waals surface area contributed by atoms with Crippen molar-refractivity contribution in [3.05, 3.63) is 77.4 Å². The van der Waals surface area contributed by atoms with E-state index in [1.807, 2.05) is 0 Å². The first-order valence-electron chi connectivity index (χ1n) is 19.1. The summed E-state index contributed by atoms with van der Waals surface area (Å²) in [4.78, 5) is 40.3.